The van der Waals surface area contributed by atoms with E-state index in [0.717, 1.165) is 62.7 Å². The summed E-state index contributed by atoms with van der Waals surface area (Å²) in [5, 5.41) is 18.0. The zero-order valence-corrected chi connectivity index (χ0v) is 22.2. The number of aliphatic carboxylic acids is 1. The normalized spacial score (nSPS) is 11.8. The second-order valence-electron chi connectivity index (χ2n) is 9.79. The summed E-state index contributed by atoms with van der Waals surface area (Å²) < 4.78 is 6.15. The number of aryl methyl sites for hydroxylation is 2. The van der Waals surface area contributed by atoms with E-state index in [4.69, 9.17) is 15.1 Å². The molecule has 4 nitrogen and oxygen atoms in total. The molecule has 0 heterocycles. The Hall–Kier alpha value is -3.84. The Labute approximate surface area is 227 Å². The molecular weight excluding hydrogens is 470 g/mol. The van der Waals surface area contributed by atoms with Gasteiger partial charge in [-0.2, -0.15) is 5.26 Å². The van der Waals surface area contributed by atoms with E-state index in [2.05, 4.69) is 54.6 Å². The van der Waals surface area contributed by atoms with Gasteiger partial charge >= 0.3 is 5.97 Å². The third-order valence-corrected chi connectivity index (χ3v) is 6.78. The number of nitriles is 1. The molecule has 3 aromatic carbocycles. The molecule has 0 amide bonds. The van der Waals surface area contributed by atoms with Crippen LogP contribution in [-0.2, 0) is 17.6 Å². The van der Waals surface area contributed by atoms with Crippen LogP contribution < -0.4 is 4.74 Å². The summed E-state index contributed by atoms with van der Waals surface area (Å²) in [6, 6.07) is 28.7. The standard InChI is InChI=1S/C34H39NO3/c35-27-31-22-20-30(21-23-31)19-18-29(14-6-9-17-34(36)37)24-25-32-15-7-8-16-33(32)38-26-10-2-5-13-28-11-3-1-4-12-28/h1,3-4,7-8,11-12,15-16,20-25,29H,2,5-6,9-10,13-14,17-19,26H2,(H,36,37)/b25-24+. The van der Waals surface area contributed by atoms with Gasteiger partial charge in [0.1, 0.15) is 5.75 Å². The number of ether oxygens (including phenoxy) is 1. The Bertz CT molecular complexity index is 1160. The van der Waals surface area contributed by atoms with Crippen molar-refractivity contribution in [3.05, 3.63) is 107 Å². The minimum absolute atomic E-state index is 0.216. The summed E-state index contributed by atoms with van der Waals surface area (Å²) in [5.41, 5.74) is 4.35. The second kappa shape index (κ2) is 16.8. The van der Waals surface area contributed by atoms with E-state index in [-0.39, 0.29) is 6.42 Å². The fourth-order valence-electron chi connectivity index (χ4n) is 4.54. The van der Waals surface area contributed by atoms with Gasteiger partial charge in [0.15, 0.2) is 0 Å². The Kier molecular flexibility index (Phi) is 12.7. The molecule has 0 aromatic heterocycles. The highest BCUT2D eigenvalue weighted by Gasteiger charge is 2.08. The first-order valence-electron chi connectivity index (χ1n) is 13.8. The fraction of sp³-hybridized carbons (Fsp3) is 0.353. The van der Waals surface area contributed by atoms with Gasteiger partial charge in [0.05, 0.1) is 18.2 Å². The molecule has 198 valence electrons. The molecule has 3 aromatic rings. The molecule has 0 spiro atoms. The molecule has 0 aliphatic carbocycles. The maximum Gasteiger partial charge on any atom is 0.303 e. The smallest absolute Gasteiger partial charge is 0.303 e. The van der Waals surface area contributed by atoms with Crippen LogP contribution in [0.25, 0.3) is 6.08 Å². The van der Waals surface area contributed by atoms with Crippen molar-refractivity contribution < 1.29 is 14.6 Å². The Morgan fingerprint density at radius 3 is 2.32 bits per heavy atom. The molecule has 0 radical (unpaired) electrons. The fourth-order valence-corrected chi connectivity index (χ4v) is 4.54. The molecule has 1 N–H and O–H groups in total. The van der Waals surface area contributed by atoms with Crippen molar-refractivity contribution in [1.29, 1.82) is 5.26 Å². The van der Waals surface area contributed by atoms with Gasteiger partial charge < -0.3 is 9.84 Å². The summed E-state index contributed by atoms with van der Waals surface area (Å²) >= 11 is 0. The number of hydrogen-bond acceptors (Lipinski definition) is 3. The monoisotopic (exact) mass is 509 g/mol. The maximum absolute atomic E-state index is 10.9. The number of unbranched alkanes of at least 4 members (excludes halogenated alkanes) is 3. The van der Waals surface area contributed by atoms with E-state index in [1.54, 1.807) is 0 Å². The number of carbonyl (C=O) groups is 1. The highest BCUT2D eigenvalue weighted by molar-refractivity contribution is 5.66. The van der Waals surface area contributed by atoms with Crippen LogP contribution in [0.2, 0.25) is 0 Å². The highest BCUT2D eigenvalue weighted by Crippen LogP contribution is 2.24. The van der Waals surface area contributed by atoms with E-state index in [1.165, 1.54) is 11.1 Å². The van der Waals surface area contributed by atoms with Crippen molar-refractivity contribution in [2.24, 2.45) is 5.92 Å². The largest absolute Gasteiger partial charge is 0.493 e. The molecule has 0 aliphatic rings. The molecular formula is C34H39NO3. The second-order valence-corrected chi connectivity index (χ2v) is 9.79. The van der Waals surface area contributed by atoms with Crippen LogP contribution >= 0.6 is 0 Å². The van der Waals surface area contributed by atoms with Gasteiger partial charge in [-0.1, -0.05) is 79.2 Å². The predicted octanol–water partition coefficient (Wildman–Crippen LogP) is 8.26. The Morgan fingerprint density at radius 1 is 0.816 bits per heavy atom. The molecule has 0 saturated heterocycles. The first-order chi connectivity index (χ1) is 18.6. The number of para-hydroxylation sites is 1. The van der Waals surface area contributed by atoms with Crippen LogP contribution in [0.5, 0.6) is 5.75 Å². The molecule has 0 bridgehead atoms. The van der Waals surface area contributed by atoms with Gasteiger partial charge in [0.25, 0.3) is 0 Å². The maximum atomic E-state index is 10.9. The lowest BCUT2D eigenvalue weighted by Gasteiger charge is -2.14. The quantitative estimate of drug-likeness (QED) is 0.186. The third-order valence-electron chi connectivity index (χ3n) is 6.78. The van der Waals surface area contributed by atoms with E-state index < -0.39 is 5.97 Å². The zero-order chi connectivity index (χ0) is 26.8. The Balaban J connectivity index is 1.52. The molecule has 1 atom stereocenters. The summed E-state index contributed by atoms with van der Waals surface area (Å²) in [6.45, 7) is 0.705. The van der Waals surface area contributed by atoms with Crippen molar-refractivity contribution in [3.63, 3.8) is 0 Å². The van der Waals surface area contributed by atoms with Crippen LogP contribution in [0.4, 0.5) is 0 Å². The van der Waals surface area contributed by atoms with Gasteiger partial charge in [0.2, 0.25) is 0 Å². The molecule has 0 fully saturated rings. The molecule has 38 heavy (non-hydrogen) atoms. The van der Waals surface area contributed by atoms with Crippen molar-refractivity contribution in [3.8, 4) is 11.8 Å². The molecule has 0 saturated carbocycles. The summed E-state index contributed by atoms with van der Waals surface area (Å²) in [5.74, 6) is 0.509. The number of nitrogens with zero attached hydrogens (tertiary/aromatic N) is 1. The van der Waals surface area contributed by atoms with E-state index in [9.17, 15) is 4.79 Å². The highest BCUT2D eigenvalue weighted by atomic mass is 16.5. The lowest BCUT2D eigenvalue weighted by Crippen LogP contribution is -2.02. The van der Waals surface area contributed by atoms with Crippen molar-refractivity contribution >= 4 is 12.0 Å². The summed E-state index contributed by atoms with van der Waals surface area (Å²) in [6.07, 6.45) is 13.5. The van der Waals surface area contributed by atoms with Crippen molar-refractivity contribution in [2.45, 2.75) is 64.2 Å². The SMILES string of the molecule is N#Cc1ccc(CCC(/C=C/c2ccccc2OCCCCCc2ccccc2)CCCCC(=O)O)cc1. The van der Waals surface area contributed by atoms with Gasteiger partial charge in [-0.3, -0.25) is 4.79 Å². The summed E-state index contributed by atoms with van der Waals surface area (Å²) in [4.78, 5) is 10.9. The first kappa shape index (κ1) is 28.7. The molecule has 0 aliphatic heterocycles. The van der Waals surface area contributed by atoms with Gasteiger partial charge in [-0.15, -0.1) is 0 Å². The number of carboxylic acids is 1. The number of benzene rings is 3. The third kappa shape index (κ3) is 11.0. The number of rotatable bonds is 17. The topological polar surface area (TPSA) is 70.3 Å². The van der Waals surface area contributed by atoms with Crippen LogP contribution in [0.1, 0.15) is 73.6 Å². The van der Waals surface area contributed by atoms with Crippen LogP contribution in [-0.4, -0.2) is 17.7 Å². The molecule has 1 unspecified atom stereocenters. The van der Waals surface area contributed by atoms with Crippen LogP contribution in [0, 0.1) is 17.2 Å². The number of carboxylic acid groups (broad SMARTS) is 1. The average Bonchev–Trinajstić information content (AvgIpc) is 2.95. The Morgan fingerprint density at radius 2 is 1.55 bits per heavy atom. The first-order valence-corrected chi connectivity index (χ1v) is 13.8. The number of allylic oxidation sites excluding steroid dienone is 1. The van der Waals surface area contributed by atoms with Crippen molar-refractivity contribution in [1.82, 2.24) is 0 Å². The lowest BCUT2D eigenvalue weighted by molar-refractivity contribution is -0.137. The minimum atomic E-state index is -0.735. The van der Waals surface area contributed by atoms with Gasteiger partial charge in [-0.05, 0) is 86.6 Å². The molecule has 4 heteroatoms. The summed E-state index contributed by atoms with van der Waals surface area (Å²) in [7, 11) is 0. The van der Waals surface area contributed by atoms with Crippen LogP contribution in [0.3, 0.4) is 0 Å². The molecule has 3 rings (SSSR count). The lowest BCUT2D eigenvalue weighted by atomic mass is 9.92. The minimum Gasteiger partial charge on any atom is -0.493 e. The van der Waals surface area contributed by atoms with Gasteiger partial charge in [0, 0.05) is 12.0 Å². The zero-order valence-electron chi connectivity index (χ0n) is 22.2. The predicted molar refractivity (Wildman–Crippen MR) is 154 cm³/mol. The van der Waals surface area contributed by atoms with Crippen LogP contribution in [0.15, 0.2) is 84.9 Å². The van der Waals surface area contributed by atoms with E-state index in [0.29, 0.717) is 24.5 Å². The van der Waals surface area contributed by atoms with E-state index >= 15 is 0 Å². The van der Waals surface area contributed by atoms with E-state index in [1.807, 2.05) is 42.5 Å². The number of hydrogen-bond donors (Lipinski definition) is 1. The van der Waals surface area contributed by atoms with Gasteiger partial charge in [-0.25, -0.2) is 0 Å². The average molecular weight is 510 g/mol. The van der Waals surface area contributed by atoms with Crippen molar-refractivity contribution in [2.75, 3.05) is 6.61 Å².